The largest absolute Gasteiger partial charge is 0.576 e. The van der Waals surface area contributed by atoms with Crippen molar-refractivity contribution in [3.8, 4) is 11.5 Å². The summed E-state index contributed by atoms with van der Waals surface area (Å²) in [5.74, 6) is 1.50. The third kappa shape index (κ3) is 9.61. The lowest BCUT2D eigenvalue weighted by Crippen LogP contribution is -2.10. The number of hydrogen-bond acceptors (Lipinski definition) is 4. The molecule has 274 valence electrons. The second-order valence-electron chi connectivity index (χ2n) is 13.4. The molecule has 0 amide bonds. The molecule has 0 saturated heterocycles. The maximum Gasteiger partial charge on any atom is 0.576 e. The third-order valence-electron chi connectivity index (χ3n) is 9.51. The van der Waals surface area contributed by atoms with Gasteiger partial charge in [-0.15, -0.1) is 0 Å². The van der Waals surface area contributed by atoms with Crippen molar-refractivity contribution in [2.75, 3.05) is 9.80 Å². The van der Waals surface area contributed by atoms with Gasteiger partial charge in [0.2, 0.25) is 0 Å². The molecule has 0 aliphatic rings. The number of anilines is 6. The van der Waals surface area contributed by atoms with E-state index in [-0.39, 0.29) is 7.69 Å². The summed E-state index contributed by atoms with van der Waals surface area (Å²) in [6.07, 6.45) is 8.47. The summed E-state index contributed by atoms with van der Waals surface area (Å²) in [5.41, 5.74) is 11.1. The Balaban J connectivity index is 0.819. The number of para-hydroxylation sites is 4. The van der Waals surface area contributed by atoms with Crippen LogP contribution >= 0.6 is 0 Å². The van der Waals surface area contributed by atoms with Crippen molar-refractivity contribution in [2.24, 2.45) is 0 Å². The monoisotopic (exact) mass is 736 g/mol. The minimum Gasteiger partial charge on any atom is -0.529 e. The second-order valence-corrected chi connectivity index (χ2v) is 13.4. The highest BCUT2D eigenvalue weighted by atomic mass is 16.6. The van der Waals surface area contributed by atoms with E-state index in [1.807, 2.05) is 72.8 Å². The lowest BCUT2D eigenvalue weighted by Gasteiger charge is -2.25. The van der Waals surface area contributed by atoms with Crippen LogP contribution in [0.2, 0.25) is 0 Å². The molecule has 0 saturated carbocycles. The zero-order chi connectivity index (χ0) is 38.5. The summed E-state index contributed by atoms with van der Waals surface area (Å²) in [6.45, 7) is 0. The van der Waals surface area contributed by atoms with Crippen molar-refractivity contribution in [2.45, 2.75) is 0 Å². The Morgan fingerprint density at radius 3 is 0.754 bits per heavy atom. The topological polar surface area (TPSA) is 24.9 Å². The van der Waals surface area contributed by atoms with E-state index in [0.29, 0.717) is 0 Å². The quantitative estimate of drug-likeness (QED) is 0.0820. The van der Waals surface area contributed by atoms with Crippen molar-refractivity contribution >= 4 is 66.1 Å². The average Bonchev–Trinajstić information content (AvgIpc) is 3.28. The Morgan fingerprint density at radius 2 is 0.491 bits per heavy atom. The summed E-state index contributed by atoms with van der Waals surface area (Å²) in [4.78, 5) is 4.52. The van der Waals surface area contributed by atoms with Crippen molar-refractivity contribution in [1.29, 1.82) is 0 Å². The van der Waals surface area contributed by atoms with E-state index < -0.39 is 0 Å². The average molecular weight is 737 g/mol. The predicted molar refractivity (Wildman–Crippen MR) is 241 cm³/mol. The van der Waals surface area contributed by atoms with Crippen LogP contribution in [0, 0.1) is 0 Å². The van der Waals surface area contributed by atoms with Gasteiger partial charge in [0.25, 0.3) is 0 Å². The number of benzene rings is 8. The van der Waals surface area contributed by atoms with Crippen LogP contribution in [-0.4, -0.2) is 7.69 Å². The molecule has 0 aromatic heterocycles. The summed E-state index contributed by atoms with van der Waals surface area (Å²) in [6, 6.07) is 75.0. The summed E-state index contributed by atoms with van der Waals surface area (Å²) in [5, 5.41) is 0. The smallest absolute Gasteiger partial charge is 0.529 e. The predicted octanol–water partition coefficient (Wildman–Crippen LogP) is 13.7. The molecule has 8 rings (SSSR count). The van der Waals surface area contributed by atoms with Gasteiger partial charge in [-0.25, -0.2) is 0 Å². The van der Waals surface area contributed by atoms with E-state index in [9.17, 15) is 0 Å². The highest BCUT2D eigenvalue weighted by Gasteiger charge is 2.13. The zero-order valence-corrected chi connectivity index (χ0v) is 31.5. The molecule has 0 aliphatic heterocycles. The fourth-order valence-electron chi connectivity index (χ4n) is 6.57. The maximum atomic E-state index is 5.89. The first kappa shape index (κ1) is 36.5. The molecule has 0 fully saturated rings. The van der Waals surface area contributed by atoms with Crippen molar-refractivity contribution in [3.63, 3.8) is 0 Å². The molecule has 0 radical (unpaired) electrons. The van der Waals surface area contributed by atoms with Crippen LogP contribution in [0.25, 0.3) is 24.3 Å². The summed E-state index contributed by atoms with van der Waals surface area (Å²) >= 11 is 0. The van der Waals surface area contributed by atoms with Crippen LogP contribution in [-0.2, 0) is 0 Å². The van der Waals surface area contributed by atoms with Gasteiger partial charge in [-0.1, -0.05) is 146 Å². The molecular weight excluding hydrogens is 695 g/mol. The Bertz CT molecular complexity index is 2230. The number of hydrogen-bond donors (Lipinski definition) is 0. The fourth-order valence-corrected chi connectivity index (χ4v) is 6.57. The highest BCUT2D eigenvalue weighted by Crippen LogP contribution is 2.35. The first-order valence-corrected chi connectivity index (χ1v) is 19.1. The van der Waals surface area contributed by atoms with Gasteiger partial charge in [-0.3, -0.25) is 0 Å². The molecule has 0 atom stereocenters. The van der Waals surface area contributed by atoms with Crippen molar-refractivity contribution in [1.82, 2.24) is 0 Å². The van der Waals surface area contributed by atoms with Gasteiger partial charge >= 0.3 is 7.69 Å². The SMILES string of the molecule is B(Oc1ccc(/C=C/c2ccc(N(c3ccccc3)c3ccccc3)cc2)cc1)Oc1ccc(/C=C/c2ccc(N(c3ccccc3)c3ccccc3)cc2)cc1. The molecule has 0 spiro atoms. The molecule has 5 heteroatoms. The van der Waals surface area contributed by atoms with Gasteiger partial charge in [0.1, 0.15) is 11.5 Å². The van der Waals surface area contributed by atoms with Gasteiger partial charge in [-0.05, 0) is 119 Å². The molecule has 57 heavy (non-hydrogen) atoms. The lowest BCUT2D eigenvalue weighted by atomic mass is 10.1. The first-order valence-electron chi connectivity index (χ1n) is 19.1. The molecular formula is C52H41BN2O2. The van der Waals surface area contributed by atoms with Crippen LogP contribution in [0.3, 0.4) is 0 Å². The van der Waals surface area contributed by atoms with Gasteiger partial charge in [-0.2, -0.15) is 0 Å². The minimum absolute atomic E-state index is 0.120. The van der Waals surface area contributed by atoms with Crippen molar-refractivity contribution in [3.05, 3.63) is 241 Å². The van der Waals surface area contributed by atoms with Crippen LogP contribution in [0.5, 0.6) is 11.5 Å². The van der Waals surface area contributed by atoms with Crippen molar-refractivity contribution < 1.29 is 9.31 Å². The van der Waals surface area contributed by atoms with E-state index in [1.165, 1.54) is 0 Å². The van der Waals surface area contributed by atoms with E-state index in [4.69, 9.17) is 9.31 Å². The molecule has 0 heterocycles. The van der Waals surface area contributed by atoms with Gasteiger partial charge in [0.05, 0.1) is 0 Å². The number of nitrogens with zero attached hydrogens (tertiary/aromatic N) is 2. The second kappa shape index (κ2) is 18.2. The number of rotatable bonds is 14. The van der Waals surface area contributed by atoms with E-state index in [1.54, 1.807) is 0 Å². The van der Waals surface area contributed by atoms with E-state index >= 15 is 0 Å². The Hall–Kier alpha value is -7.50. The summed E-state index contributed by atoms with van der Waals surface area (Å²) in [7, 11) is 0.120. The standard InChI is InChI=1S/C52H41BN2O2/c1-5-13-45(14-6-1)54(46-15-7-2-8-16-46)49-33-25-41(26-34-49)21-23-43-29-37-51(38-30-43)56-53-57-52-39-31-44(32-40-52)24-22-42-27-35-50(36-28-42)55(47-17-9-3-10-18-47)48-19-11-4-12-20-48/h1-40,53H/b23-21+,24-22+. The Morgan fingerprint density at radius 1 is 0.263 bits per heavy atom. The zero-order valence-electron chi connectivity index (χ0n) is 31.5. The Kier molecular flexibility index (Phi) is 11.7. The minimum atomic E-state index is 0.120. The van der Waals surface area contributed by atoms with E-state index in [2.05, 4.69) is 180 Å². The third-order valence-corrected chi connectivity index (χ3v) is 9.51. The normalized spacial score (nSPS) is 11.0. The lowest BCUT2D eigenvalue weighted by molar-refractivity contribution is 0.459. The van der Waals surface area contributed by atoms with Crippen LogP contribution in [0.1, 0.15) is 22.3 Å². The van der Waals surface area contributed by atoms with Crippen LogP contribution in [0.15, 0.2) is 218 Å². The van der Waals surface area contributed by atoms with Crippen LogP contribution in [0.4, 0.5) is 34.1 Å². The molecule has 8 aromatic carbocycles. The molecule has 0 bridgehead atoms. The Labute approximate surface area is 336 Å². The van der Waals surface area contributed by atoms with Gasteiger partial charge in [0.15, 0.2) is 0 Å². The molecule has 4 nitrogen and oxygen atoms in total. The fraction of sp³-hybridized carbons (Fsp3) is 0. The van der Waals surface area contributed by atoms with Gasteiger partial charge in [0, 0.05) is 34.1 Å². The molecule has 0 aliphatic carbocycles. The summed E-state index contributed by atoms with van der Waals surface area (Å²) < 4.78 is 11.8. The highest BCUT2D eigenvalue weighted by molar-refractivity contribution is 6.20. The molecule has 0 N–H and O–H groups in total. The maximum absolute atomic E-state index is 5.89. The van der Waals surface area contributed by atoms with Gasteiger partial charge < -0.3 is 19.1 Å². The molecule has 8 aromatic rings. The first-order chi connectivity index (χ1) is 28.2. The van der Waals surface area contributed by atoms with Crippen LogP contribution < -0.4 is 19.1 Å². The van der Waals surface area contributed by atoms with E-state index in [0.717, 1.165) is 67.9 Å². The molecule has 0 unspecified atom stereocenters.